The molecule has 41 heavy (non-hydrogen) atoms. The van der Waals surface area contributed by atoms with Gasteiger partial charge in [0.25, 0.3) is 0 Å². The van der Waals surface area contributed by atoms with Gasteiger partial charge in [-0.15, -0.1) is 0 Å². The first kappa shape index (κ1) is 28.0. The van der Waals surface area contributed by atoms with Gasteiger partial charge in [0.15, 0.2) is 5.60 Å². The number of hydrogen-bond donors (Lipinski definition) is 0. The monoisotopic (exact) mass is 627 g/mol. The lowest BCUT2D eigenvalue weighted by molar-refractivity contribution is 0.0224. The van der Waals surface area contributed by atoms with Crippen LogP contribution in [-0.4, -0.2) is 19.6 Å². The van der Waals surface area contributed by atoms with Crippen molar-refractivity contribution < 1.29 is 19.0 Å². The van der Waals surface area contributed by atoms with Gasteiger partial charge in [0.05, 0.1) is 32.8 Å². The van der Waals surface area contributed by atoms with Crippen LogP contribution in [-0.2, 0) is 16.8 Å². The Labute approximate surface area is 258 Å². The maximum absolute atomic E-state index is 13.5. The number of para-hydroxylation sites is 1. The third kappa shape index (κ3) is 3.94. The van der Waals surface area contributed by atoms with Crippen LogP contribution in [0.25, 0.3) is 0 Å². The number of halogens is 4. The normalized spacial score (nSPS) is 17.6. The van der Waals surface area contributed by atoms with Crippen LogP contribution in [0.5, 0.6) is 17.2 Å². The average molecular weight is 629 g/mol. The van der Waals surface area contributed by atoms with E-state index in [-0.39, 0.29) is 25.7 Å². The topological polar surface area (TPSA) is 48.0 Å². The molecule has 0 saturated heterocycles. The zero-order valence-corrected chi connectivity index (χ0v) is 25.7. The Kier molecular flexibility index (Phi) is 7.06. The molecule has 0 radical (unpaired) electrons. The van der Waals surface area contributed by atoms with Gasteiger partial charge in [-0.25, -0.2) is 4.79 Å². The number of ether oxygens (including phenoxy) is 3. The van der Waals surface area contributed by atoms with Crippen LogP contribution in [0.2, 0.25) is 20.1 Å². The van der Waals surface area contributed by atoms with E-state index in [1.807, 2.05) is 57.2 Å². The maximum Gasteiger partial charge on any atom is 0.341 e. The second-order valence-electron chi connectivity index (χ2n) is 9.71. The molecule has 0 aromatic heterocycles. The van der Waals surface area contributed by atoms with E-state index in [9.17, 15) is 4.79 Å². The summed E-state index contributed by atoms with van der Waals surface area (Å²) in [6.07, 6.45) is 0.940. The number of rotatable bonds is 2. The summed E-state index contributed by atoms with van der Waals surface area (Å²) in [6.45, 7) is 6.73. The van der Waals surface area contributed by atoms with Crippen molar-refractivity contribution in [1.29, 1.82) is 0 Å². The molecule has 3 aliphatic heterocycles. The van der Waals surface area contributed by atoms with Crippen molar-refractivity contribution in [3.63, 3.8) is 0 Å². The summed E-state index contributed by atoms with van der Waals surface area (Å²) in [7, 11) is 1.59. The number of aryl methyl sites for hydroxylation is 1. The molecule has 0 fully saturated rings. The summed E-state index contributed by atoms with van der Waals surface area (Å²) in [5.41, 5.74) is 4.32. The number of benzene rings is 4. The highest BCUT2D eigenvalue weighted by molar-refractivity contribution is 6.53. The number of fused-ring (bicyclic) bond motifs is 7. The highest BCUT2D eigenvalue weighted by Gasteiger charge is 2.56. The number of hydrogen-bond acceptors (Lipinski definition) is 5. The molecule has 210 valence electrons. The van der Waals surface area contributed by atoms with Crippen molar-refractivity contribution in [3.05, 3.63) is 108 Å². The largest absolute Gasteiger partial charge is 0.496 e. The van der Waals surface area contributed by atoms with Gasteiger partial charge in [-0.2, -0.15) is 0 Å². The fourth-order valence-electron chi connectivity index (χ4n) is 5.95. The molecule has 0 aliphatic carbocycles. The smallest absolute Gasteiger partial charge is 0.341 e. The number of anilines is 2. The molecule has 1 atom stereocenters. The Balaban J connectivity index is 0.00000148. The fraction of sp³-hybridized carbons (Fsp3) is 0.219. The summed E-state index contributed by atoms with van der Waals surface area (Å²) in [6, 6.07) is 17.8. The van der Waals surface area contributed by atoms with Gasteiger partial charge < -0.3 is 19.1 Å². The number of carbonyl (C=O) groups excluding carboxylic acids is 1. The van der Waals surface area contributed by atoms with Gasteiger partial charge in [0.1, 0.15) is 17.2 Å². The van der Waals surface area contributed by atoms with Gasteiger partial charge >= 0.3 is 5.97 Å². The lowest BCUT2D eigenvalue weighted by atomic mass is 9.77. The second kappa shape index (κ2) is 10.3. The summed E-state index contributed by atoms with van der Waals surface area (Å²) < 4.78 is 18.3. The molecule has 1 spiro atoms. The van der Waals surface area contributed by atoms with Crippen LogP contribution in [0.3, 0.4) is 0 Å². The zero-order chi connectivity index (χ0) is 29.2. The minimum atomic E-state index is -1.47. The first-order valence-corrected chi connectivity index (χ1v) is 14.7. The van der Waals surface area contributed by atoms with E-state index in [4.69, 9.17) is 60.6 Å². The molecular weight excluding hydrogens is 604 g/mol. The SMILES string of the molecule is CC.COc1cc2c(cc1C)C1(OC(=O)c3c(Cl)c(Cl)c(Cl)c(Cl)c31)c1ccc(N3CCc4ccccc43)cc1O2. The van der Waals surface area contributed by atoms with Crippen LogP contribution >= 0.6 is 46.4 Å². The van der Waals surface area contributed by atoms with Crippen LogP contribution in [0, 0.1) is 6.92 Å². The van der Waals surface area contributed by atoms with Gasteiger partial charge in [-0.3, -0.25) is 0 Å². The number of carbonyl (C=O) groups is 1. The molecule has 4 aromatic carbocycles. The molecule has 7 rings (SSSR count). The molecule has 1 unspecified atom stereocenters. The third-order valence-electron chi connectivity index (χ3n) is 7.71. The van der Waals surface area contributed by atoms with E-state index in [0.29, 0.717) is 33.9 Å². The minimum absolute atomic E-state index is 0.00227. The molecule has 0 N–H and O–H groups in total. The van der Waals surface area contributed by atoms with Crippen molar-refractivity contribution in [3.8, 4) is 17.2 Å². The quantitative estimate of drug-likeness (QED) is 0.126. The molecule has 0 saturated carbocycles. The number of esters is 1. The molecule has 3 heterocycles. The first-order chi connectivity index (χ1) is 19.8. The lowest BCUT2D eigenvalue weighted by Gasteiger charge is -2.38. The van der Waals surface area contributed by atoms with E-state index in [2.05, 4.69) is 17.0 Å². The molecule has 0 bridgehead atoms. The second-order valence-corrected chi connectivity index (χ2v) is 11.2. The first-order valence-electron chi connectivity index (χ1n) is 13.2. The van der Waals surface area contributed by atoms with Gasteiger partial charge in [0, 0.05) is 46.7 Å². The number of nitrogens with zero attached hydrogens (tertiary/aromatic N) is 1. The van der Waals surface area contributed by atoms with Gasteiger partial charge in [0.2, 0.25) is 0 Å². The van der Waals surface area contributed by atoms with Crippen LogP contribution < -0.4 is 14.4 Å². The highest BCUT2D eigenvalue weighted by atomic mass is 35.5. The Morgan fingerprint density at radius 3 is 2.34 bits per heavy atom. The Bertz CT molecular complexity index is 1750. The predicted octanol–water partition coefficient (Wildman–Crippen LogP) is 9.91. The Morgan fingerprint density at radius 1 is 0.878 bits per heavy atom. The summed E-state index contributed by atoms with van der Waals surface area (Å²) in [5.74, 6) is 0.942. The van der Waals surface area contributed by atoms with E-state index in [1.165, 1.54) is 5.56 Å². The number of methoxy groups -OCH3 is 1. The van der Waals surface area contributed by atoms with Gasteiger partial charge in [-0.05, 0) is 48.7 Å². The van der Waals surface area contributed by atoms with E-state index >= 15 is 0 Å². The van der Waals surface area contributed by atoms with Crippen molar-refractivity contribution >= 4 is 63.7 Å². The van der Waals surface area contributed by atoms with E-state index in [1.54, 1.807) is 13.2 Å². The maximum atomic E-state index is 13.5. The van der Waals surface area contributed by atoms with Gasteiger partial charge in [-0.1, -0.05) is 78.5 Å². The van der Waals surface area contributed by atoms with E-state index < -0.39 is 11.6 Å². The molecule has 9 heteroatoms. The van der Waals surface area contributed by atoms with Crippen LogP contribution in [0.1, 0.15) is 52.0 Å². The van der Waals surface area contributed by atoms with Crippen LogP contribution in [0.4, 0.5) is 11.4 Å². The predicted molar refractivity (Wildman–Crippen MR) is 165 cm³/mol. The van der Waals surface area contributed by atoms with Crippen LogP contribution in [0.15, 0.2) is 54.6 Å². The molecular formula is C32H25Cl4NO4. The standard InChI is InChI=1S/C30H19Cl4NO4.C2H6/c1-14-11-18-22(13-20(14)37-2)38-21-12-16(35-10-9-15-5-3-4-6-19(15)35)7-8-17(21)30(18)24-23(29(36)39-30)25(31)27(33)28(34)26(24)32;1-2/h3-8,11-13H,9-10H2,1-2H3;1-2H3. The summed E-state index contributed by atoms with van der Waals surface area (Å²) in [4.78, 5) is 15.7. The average Bonchev–Trinajstić information content (AvgIpc) is 3.55. The summed E-state index contributed by atoms with van der Waals surface area (Å²) in [5, 5.41) is 0.132. The van der Waals surface area contributed by atoms with Crippen molar-refractivity contribution in [1.82, 2.24) is 0 Å². The lowest BCUT2D eigenvalue weighted by Crippen LogP contribution is -2.33. The van der Waals surface area contributed by atoms with Crippen molar-refractivity contribution in [2.45, 2.75) is 32.8 Å². The molecule has 0 amide bonds. The third-order valence-corrected chi connectivity index (χ3v) is 9.51. The van der Waals surface area contributed by atoms with Crippen molar-refractivity contribution in [2.75, 3.05) is 18.6 Å². The Morgan fingerprint density at radius 2 is 1.59 bits per heavy atom. The molecule has 4 aromatic rings. The summed E-state index contributed by atoms with van der Waals surface area (Å²) >= 11 is 26.3. The van der Waals surface area contributed by atoms with E-state index in [0.717, 1.165) is 29.9 Å². The highest BCUT2D eigenvalue weighted by Crippen LogP contribution is 2.61. The minimum Gasteiger partial charge on any atom is -0.496 e. The van der Waals surface area contributed by atoms with Crippen molar-refractivity contribution in [2.24, 2.45) is 0 Å². The molecule has 5 nitrogen and oxygen atoms in total. The zero-order valence-electron chi connectivity index (χ0n) is 22.7. The Hall–Kier alpha value is -3.09. The molecule has 3 aliphatic rings. The fourth-order valence-corrected chi connectivity index (χ4v) is 7.01.